The van der Waals surface area contributed by atoms with Crippen LogP contribution < -0.4 is 0 Å². The van der Waals surface area contributed by atoms with Crippen LogP contribution in [0, 0.1) is 0 Å². The van der Waals surface area contributed by atoms with Gasteiger partial charge in [0.15, 0.2) is 0 Å². The van der Waals surface area contributed by atoms with Crippen molar-refractivity contribution in [2.24, 2.45) is 0 Å². The molecule has 1 nitrogen and oxygen atoms in total. The third-order valence-corrected chi connectivity index (χ3v) is 6.53. The zero-order chi connectivity index (χ0) is 11.3. The summed E-state index contributed by atoms with van der Waals surface area (Å²) >= 11 is 7.85. The molecule has 79 valence electrons. The maximum absolute atomic E-state index is 5.50. The molecule has 0 atom stereocenters. The van der Waals surface area contributed by atoms with E-state index in [-0.39, 0.29) is 0 Å². The average Bonchev–Trinajstić information content (AvgIpc) is 2.28. The number of rotatable bonds is 4. The number of ether oxygens (including phenoxy) is 1. The van der Waals surface area contributed by atoms with E-state index in [2.05, 4.69) is 24.8 Å². The zero-order valence-corrected chi connectivity index (χ0v) is 14.4. The molecule has 0 amide bonds. The van der Waals surface area contributed by atoms with Gasteiger partial charge in [0.2, 0.25) is 0 Å². The Hall–Kier alpha value is 0.618. The molecule has 0 aliphatic rings. The van der Waals surface area contributed by atoms with Crippen molar-refractivity contribution in [2.75, 3.05) is 6.61 Å². The van der Waals surface area contributed by atoms with Gasteiger partial charge in [-0.05, 0) is 0 Å². The number of thiol groups is 1. The molecule has 1 rings (SSSR count). The predicted molar refractivity (Wildman–Crippen MR) is 64.7 cm³/mol. The van der Waals surface area contributed by atoms with Crippen LogP contribution in [-0.2, 0) is 24.1 Å². The van der Waals surface area contributed by atoms with E-state index in [4.69, 9.17) is 4.74 Å². The second kappa shape index (κ2) is 7.04. The molecule has 4 heteroatoms. The molecule has 1 radical (unpaired) electrons. The Morgan fingerprint density at radius 1 is 1.40 bits per heavy atom. The van der Waals surface area contributed by atoms with Crippen molar-refractivity contribution in [3.63, 3.8) is 0 Å². The van der Waals surface area contributed by atoms with E-state index < -0.39 is 0 Å². The van der Waals surface area contributed by atoms with Gasteiger partial charge in [-0.1, -0.05) is 0 Å². The van der Waals surface area contributed by atoms with E-state index in [9.17, 15) is 0 Å². The Bertz CT molecular complexity index is 375. The molecule has 0 aliphatic heterocycles. The Kier molecular flexibility index (Phi) is 6.42. The second-order valence-corrected chi connectivity index (χ2v) is 5.71. The van der Waals surface area contributed by atoms with Crippen LogP contribution in [0.2, 0.25) is 0 Å². The molecule has 0 unspecified atom stereocenters. The Morgan fingerprint density at radius 3 is 2.53 bits per heavy atom. The van der Waals surface area contributed by atoms with Crippen molar-refractivity contribution in [1.29, 1.82) is 0 Å². The molecule has 15 heavy (non-hydrogen) atoms. The van der Waals surface area contributed by atoms with Gasteiger partial charge in [0.05, 0.1) is 0 Å². The minimum absolute atomic E-state index is 0.716. The van der Waals surface area contributed by atoms with Crippen LogP contribution in [0.5, 0.6) is 0 Å². The van der Waals surface area contributed by atoms with Gasteiger partial charge in [-0.25, -0.2) is 0 Å². The van der Waals surface area contributed by atoms with E-state index in [0.717, 1.165) is 18.2 Å². The summed E-state index contributed by atoms with van der Waals surface area (Å²) in [6.07, 6.45) is 0. The van der Waals surface area contributed by atoms with Crippen LogP contribution in [-0.4, -0.2) is 33.0 Å². The van der Waals surface area contributed by atoms with Crippen molar-refractivity contribution < 1.29 is 24.1 Å². The molecule has 1 aromatic carbocycles. The van der Waals surface area contributed by atoms with Crippen molar-refractivity contribution in [3.05, 3.63) is 39.5 Å². The average molecular weight is 503 g/mol. The molecule has 0 N–H and O–H groups in total. The Balaban J connectivity index is 2.95. The van der Waals surface area contributed by atoms with Crippen LogP contribution in [0.15, 0.2) is 34.0 Å². The summed E-state index contributed by atoms with van der Waals surface area (Å²) in [5, 5.41) is 0. The SMILES string of the molecule is CCO[C](=[W])/C([Te])=C(/S)c1ccccc1. The zero-order valence-electron chi connectivity index (χ0n) is 8.27. The van der Waals surface area contributed by atoms with Gasteiger partial charge < -0.3 is 0 Å². The van der Waals surface area contributed by atoms with E-state index in [1.54, 1.807) is 0 Å². The van der Waals surface area contributed by atoms with Crippen molar-refractivity contribution in [1.82, 2.24) is 0 Å². The molecule has 0 bridgehead atoms. The molecular weight excluding hydrogens is 492 g/mol. The Morgan fingerprint density at radius 2 is 2.00 bits per heavy atom. The summed E-state index contributed by atoms with van der Waals surface area (Å²) in [7, 11) is 0. The molecule has 0 spiro atoms. The second-order valence-electron chi connectivity index (χ2n) is 2.76. The van der Waals surface area contributed by atoms with Crippen LogP contribution in [0.25, 0.3) is 4.91 Å². The number of hydrogen-bond acceptors (Lipinski definition) is 2. The predicted octanol–water partition coefficient (Wildman–Crippen LogP) is 2.17. The topological polar surface area (TPSA) is 9.23 Å². The molecule has 1 aromatic rings. The van der Waals surface area contributed by atoms with Crippen molar-refractivity contribution in [3.8, 4) is 0 Å². The van der Waals surface area contributed by atoms with E-state index in [0.29, 0.717) is 6.61 Å². The fraction of sp³-hybridized carbons (Fsp3) is 0.182. The first-order valence-corrected chi connectivity index (χ1v) is 7.57. The van der Waals surface area contributed by atoms with Crippen LogP contribution in [0.4, 0.5) is 0 Å². The first-order valence-electron chi connectivity index (χ1n) is 4.49. The van der Waals surface area contributed by atoms with Gasteiger partial charge in [0, 0.05) is 0 Å². The van der Waals surface area contributed by atoms with Gasteiger partial charge in [0.25, 0.3) is 0 Å². The molecular formula is C11H11OSTeW. The van der Waals surface area contributed by atoms with E-state index in [1.807, 2.05) is 47.4 Å². The summed E-state index contributed by atoms with van der Waals surface area (Å²) in [6, 6.07) is 10.2. The van der Waals surface area contributed by atoms with E-state index in [1.165, 1.54) is 19.4 Å². The molecule has 0 aromatic heterocycles. The van der Waals surface area contributed by atoms with Gasteiger partial charge in [-0.15, -0.1) is 0 Å². The third kappa shape index (κ3) is 4.17. The molecule has 0 aliphatic carbocycles. The van der Waals surface area contributed by atoms with Crippen molar-refractivity contribution >= 4 is 43.9 Å². The van der Waals surface area contributed by atoms with Gasteiger partial charge >= 0.3 is 121 Å². The third-order valence-electron chi connectivity index (χ3n) is 1.72. The normalized spacial score (nSPS) is 12.1. The quantitative estimate of drug-likeness (QED) is 0.491. The summed E-state index contributed by atoms with van der Waals surface area (Å²) in [5.74, 6) is 0. The standard InChI is InChI=1S/C11H11OSTe.W/c1-2-12-8-10(14)11(13)9-6-4-3-5-7-9;/h3-7,13H,2H2,1H3;/b11-10-;. The molecule has 0 heterocycles. The first kappa shape index (κ1) is 13.7. The first-order chi connectivity index (χ1) is 7.16. The monoisotopic (exact) mass is 505 g/mol. The maximum atomic E-state index is 5.50. The summed E-state index contributed by atoms with van der Waals surface area (Å²) in [5.41, 5.74) is 1.14. The van der Waals surface area contributed by atoms with Gasteiger partial charge in [0.1, 0.15) is 0 Å². The van der Waals surface area contributed by atoms with Gasteiger partial charge in [-0.2, -0.15) is 0 Å². The minimum atomic E-state index is 0.716. The number of benzene rings is 1. The molecule has 0 fully saturated rings. The summed E-state index contributed by atoms with van der Waals surface area (Å²) in [6.45, 7) is 2.71. The van der Waals surface area contributed by atoms with Crippen molar-refractivity contribution in [2.45, 2.75) is 6.92 Å². The molecule has 0 saturated heterocycles. The summed E-state index contributed by atoms with van der Waals surface area (Å²) < 4.78 is 7.66. The molecule has 0 saturated carbocycles. The Labute approximate surface area is 120 Å². The fourth-order valence-corrected chi connectivity index (χ4v) is 2.86. The summed E-state index contributed by atoms with van der Waals surface area (Å²) in [4.78, 5) is 0.999. The fourth-order valence-electron chi connectivity index (χ4n) is 1.02. The number of hydrogen-bond donors (Lipinski definition) is 1. The van der Waals surface area contributed by atoms with Crippen LogP contribution in [0.3, 0.4) is 0 Å². The van der Waals surface area contributed by atoms with E-state index >= 15 is 0 Å². The van der Waals surface area contributed by atoms with Gasteiger partial charge in [-0.3, -0.25) is 0 Å². The van der Waals surface area contributed by atoms with Crippen LogP contribution in [0.1, 0.15) is 12.5 Å². The van der Waals surface area contributed by atoms with Crippen LogP contribution >= 0.6 is 12.6 Å².